The van der Waals surface area contributed by atoms with Gasteiger partial charge in [0.1, 0.15) is 0 Å². The number of nitrogens with one attached hydrogen (secondary N) is 1. The average molecular weight is 268 g/mol. The van der Waals surface area contributed by atoms with E-state index in [4.69, 9.17) is 0 Å². The van der Waals surface area contributed by atoms with E-state index in [-0.39, 0.29) is 12.3 Å². The topological polar surface area (TPSA) is 71.9 Å². The Morgan fingerprint density at radius 3 is 2.78 bits per heavy atom. The van der Waals surface area contributed by atoms with E-state index in [1.165, 1.54) is 11.3 Å². The minimum absolute atomic E-state index is 0.299. The van der Waals surface area contributed by atoms with Crippen LogP contribution in [0, 0.1) is 12.7 Å². The van der Waals surface area contributed by atoms with Crippen LogP contribution in [0.25, 0.3) is 0 Å². The maximum absolute atomic E-state index is 13.0. The standard InChI is InChI=1S/C11H9FN2O3S/c1-6-2-3-9(18-6)8(15)5-14-4-7(12)10(16)13-11(14)17/h2-4H,5H2,1H3,(H,13,16,17). The summed E-state index contributed by atoms with van der Waals surface area (Å²) in [6.45, 7) is 1.56. The Balaban J connectivity index is 2.30. The Labute approximate surface area is 105 Å². The van der Waals surface area contributed by atoms with Crippen LogP contribution in [-0.2, 0) is 6.54 Å². The minimum atomic E-state index is -1.09. The van der Waals surface area contributed by atoms with Crippen molar-refractivity contribution in [3.63, 3.8) is 0 Å². The molecule has 0 aliphatic carbocycles. The minimum Gasteiger partial charge on any atom is -0.291 e. The summed E-state index contributed by atoms with van der Waals surface area (Å²) in [6, 6.07) is 3.43. The van der Waals surface area contributed by atoms with E-state index in [2.05, 4.69) is 0 Å². The van der Waals surface area contributed by atoms with Crippen molar-refractivity contribution in [1.29, 1.82) is 0 Å². The smallest absolute Gasteiger partial charge is 0.291 e. The van der Waals surface area contributed by atoms with E-state index in [1.54, 1.807) is 17.1 Å². The zero-order valence-corrected chi connectivity index (χ0v) is 10.2. The van der Waals surface area contributed by atoms with Gasteiger partial charge in [0, 0.05) is 4.88 Å². The number of aromatic amines is 1. The second-order valence-electron chi connectivity index (χ2n) is 3.70. The molecule has 0 unspecified atom stereocenters. The highest BCUT2D eigenvalue weighted by atomic mass is 32.1. The summed E-state index contributed by atoms with van der Waals surface area (Å²) in [7, 11) is 0. The van der Waals surface area contributed by atoms with Crippen LogP contribution in [0.2, 0.25) is 0 Å². The van der Waals surface area contributed by atoms with Crippen molar-refractivity contribution in [3.05, 3.63) is 54.7 Å². The van der Waals surface area contributed by atoms with Gasteiger partial charge in [-0.15, -0.1) is 11.3 Å². The van der Waals surface area contributed by atoms with Crippen LogP contribution in [0.15, 0.2) is 27.9 Å². The van der Waals surface area contributed by atoms with Crippen molar-refractivity contribution in [2.45, 2.75) is 13.5 Å². The number of nitrogens with zero attached hydrogens (tertiary/aromatic N) is 1. The number of carbonyl (C=O) groups excluding carboxylic acids is 1. The molecular weight excluding hydrogens is 259 g/mol. The molecule has 7 heteroatoms. The van der Waals surface area contributed by atoms with Crippen LogP contribution in [-0.4, -0.2) is 15.3 Å². The first-order valence-electron chi connectivity index (χ1n) is 5.06. The number of hydrogen-bond donors (Lipinski definition) is 1. The van der Waals surface area contributed by atoms with Crippen LogP contribution in [0.5, 0.6) is 0 Å². The molecule has 0 spiro atoms. The van der Waals surface area contributed by atoms with E-state index in [9.17, 15) is 18.8 Å². The summed E-state index contributed by atoms with van der Waals surface area (Å²) in [5.74, 6) is -1.40. The zero-order valence-electron chi connectivity index (χ0n) is 9.40. The van der Waals surface area contributed by atoms with Gasteiger partial charge in [-0.1, -0.05) is 0 Å². The Hall–Kier alpha value is -2.02. The molecule has 94 valence electrons. The molecule has 0 amide bonds. The first-order chi connectivity index (χ1) is 8.47. The van der Waals surface area contributed by atoms with Crippen molar-refractivity contribution in [2.75, 3.05) is 0 Å². The second kappa shape index (κ2) is 4.69. The van der Waals surface area contributed by atoms with Crippen LogP contribution < -0.4 is 11.2 Å². The third-order valence-electron chi connectivity index (χ3n) is 2.30. The van der Waals surface area contributed by atoms with E-state index in [0.717, 1.165) is 15.6 Å². The highest BCUT2D eigenvalue weighted by molar-refractivity contribution is 7.14. The highest BCUT2D eigenvalue weighted by Crippen LogP contribution is 2.15. The van der Waals surface area contributed by atoms with Gasteiger partial charge in [-0.25, -0.2) is 4.79 Å². The number of Topliss-reactive ketones (excluding diaryl/α,β-unsaturated/α-hetero) is 1. The van der Waals surface area contributed by atoms with Gasteiger partial charge in [-0.3, -0.25) is 19.1 Å². The molecule has 0 aromatic carbocycles. The predicted octanol–water partition coefficient (Wildman–Crippen LogP) is 0.929. The highest BCUT2D eigenvalue weighted by Gasteiger charge is 2.11. The molecule has 2 aromatic rings. The molecule has 0 radical (unpaired) electrons. The molecule has 0 saturated carbocycles. The number of hydrogen-bond acceptors (Lipinski definition) is 4. The molecule has 2 rings (SSSR count). The lowest BCUT2D eigenvalue weighted by molar-refractivity contribution is 0.0974. The maximum Gasteiger partial charge on any atom is 0.328 e. The summed E-state index contributed by atoms with van der Waals surface area (Å²) in [4.78, 5) is 37.3. The summed E-state index contributed by atoms with van der Waals surface area (Å²) in [6.07, 6.45) is 0.736. The number of rotatable bonds is 3. The van der Waals surface area contributed by atoms with Crippen molar-refractivity contribution < 1.29 is 9.18 Å². The summed E-state index contributed by atoms with van der Waals surface area (Å²) in [5.41, 5.74) is -1.89. The van der Waals surface area contributed by atoms with Gasteiger partial charge in [0.05, 0.1) is 17.6 Å². The third-order valence-corrected chi connectivity index (χ3v) is 3.34. The molecule has 0 atom stereocenters. The molecule has 0 saturated heterocycles. The van der Waals surface area contributed by atoms with E-state index >= 15 is 0 Å². The van der Waals surface area contributed by atoms with E-state index in [1.807, 2.05) is 6.92 Å². The number of aryl methyl sites for hydroxylation is 1. The quantitative estimate of drug-likeness (QED) is 0.842. The average Bonchev–Trinajstić information content (AvgIpc) is 2.73. The van der Waals surface area contributed by atoms with Gasteiger partial charge >= 0.3 is 5.69 Å². The number of thiophene rings is 1. The largest absolute Gasteiger partial charge is 0.328 e. The summed E-state index contributed by atoms with van der Waals surface area (Å²) < 4.78 is 13.8. The van der Waals surface area contributed by atoms with Gasteiger partial charge < -0.3 is 0 Å². The second-order valence-corrected chi connectivity index (χ2v) is 4.99. The van der Waals surface area contributed by atoms with Crippen molar-refractivity contribution in [3.8, 4) is 0 Å². The molecule has 0 fully saturated rings. The molecule has 0 aliphatic heterocycles. The summed E-state index contributed by atoms with van der Waals surface area (Å²) in [5, 5.41) is 0. The van der Waals surface area contributed by atoms with E-state index in [0.29, 0.717) is 4.88 Å². The molecule has 1 N–H and O–H groups in total. The predicted molar refractivity (Wildman–Crippen MR) is 64.7 cm³/mol. The molecule has 2 heterocycles. The Kier molecular flexibility index (Phi) is 3.24. The molecule has 18 heavy (non-hydrogen) atoms. The summed E-state index contributed by atoms with van der Waals surface area (Å²) >= 11 is 1.30. The lowest BCUT2D eigenvalue weighted by Gasteiger charge is -2.02. The fourth-order valence-corrected chi connectivity index (χ4v) is 2.21. The third kappa shape index (κ3) is 2.45. The lowest BCUT2D eigenvalue weighted by atomic mass is 10.3. The van der Waals surface area contributed by atoms with E-state index < -0.39 is 17.1 Å². The Morgan fingerprint density at radius 1 is 1.44 bits per heavy atom. The van der Waals surface area contributed by atoms with Gasteiger partial charge in [0.25, 0.3) is 5.56 Å². The Morgan fingerprint density at radius 2 is 2.17 bits per heavy atom. The SMILES string of the molecule is Cc1ccc(C(=O)Cn2cc(F)c(=O)[nH]c2=O)s1. The molecule has 0 aliphatic rings. The van der Waals surface area contributed by atoms with Gasteiger partial charge in [-0.05, 0) is 19.1 Å². The van der Waals surface area contributed by atoms with Crippen molar-refractivity contribution in [1.82, 2.24) is 9.55 Å². The molecule has 5 nitrogen and oxygen atoms in total. The molecule has 2 aromatic heterocycles. The number of carbonyl (C=O) groups is 1. The number of ketones is 1. The first-order valence-corrected chi connectivity index (χ1v) is 5.88. The normalized spacial score (nSPS) is 10.6. The fourth-order valence-electron chi connectivity index (χ4n) is 1.42. The van der Waals surface area contributed by atoms with Crippen molar-refractivity contribution in [2.24, 2.45) is 0 Å². The maximum atomic E-state index is 13.0. The zero-order chi connectivity index (χ0) is 13.3. The Bertz CT molecular complexity index is 714. The van der Waals surface area contributed by atoms with Crippen molar-refractivity contribution >= 4 is 17.1 Å². The fraction of sp³-hybridized carbons (Fsp3) is 0.182. The van der Waals surface area contributed by atoms with Crippen LogP contribution in [0.4, 0.5) is 4.39 Å². The van der Waals surface area contributed by atoms with Crippen LogP contribution >= 0.6 is 11.3 Å². The number of halogens is 1. The monoisotopic (exact) mass is 268 g/mol. The van der Waals surface area contributed by atoms with Crippen LogP contribution in [0.3, 0.4) is 0 Å². The first kappa shape index (κ1) is 12.4. The van der Waals surface area contributed by atoms with Crippen LogP contribution in [0.1, 0.15) is 14.5 Å². The lowest BCUT2D eigenvalue weighted by Crippen LogP contribution is -2.33. The van der Waals surface area contributed by atoms with Gasteiger partial charge in [0.15, 0.2) is 5.78 Å². The molecular formula is C11H9FN2O3S. The van der Waals surface area contributed by atoms with Gasteiger partial charge in [0.2, 0.25) is 5.82 Å². The van der Waals surface area contributed by atoms with Gasteiger partial charge in [-0.2, -0.15) is 4.39 Å². The molecule has 0 bridgehead atoms. The number of aromatic nitrogens is 2. The number of H-pyrrole nitrogens is 1.